The maximum Gasteiger partial charge on any atom is 0.270 e. The van der Waals surface area contributed by atoms with Gasteiger partial charge in [-0.1, -0.05) is 0 Å². The summed E-state index contributed by atoms with van der Waals surface area (Å²) in [5, 5.41) is 0. The largest absolute Gasteiger partial charge is 0.270 e. The molecule has 0 atom stereocenters. The van der Waals surface area contributed by atoms with Crippen molar-refractivity contribution in [2.75, 3.05) is 0 Å². The molecule has 0 aromatic carbocycles. The summed E-state index contributed by atoms with van der Waals surface area (Å²) >= 11 is 0. The van der Waals surface area contributed by atoms with Crippen LogP contribution in [0, 0.1) is 23.7 Å². The number of hydrogen-bond donors (Lipinski definition) is 0. The standard InChI is InChI=1S/C11H14F2/c12-11(13)10-8-2-6-1-7(4-8)5-9(10)3-6/h6-9H,1-5H2. The van der Waals surface area contributed by atoms with Crippen LogP contribution in [0.5, 0.6) is 0 Å². The summed E-state index contributed by atoms with van der Waals surface area (Å²) in [5.41, 5.74) is 0.548. The first-order valence-electron chi connectivity index (χ1n) is 5.29. The van der Waals surface area contributed by atoms with Crippen LogP contribution >= 0.6 is 0 Å². The van der Waals surface area contributed by atoms with E-state index in [0.29, 0.717) is 5.57 Å². The third kappa shape index (κ3) is 1.07. The summed E-state index contributed by atoms with van der Waals surface area (Å²) in [4.78, 5) is 0. The van der Waals surface area contributed by atoms with Crippen molar-refractivity contribution < 1.29 is 8.78 Å². The molecular weight excluding hydrogens is 170 g/mol. The Balaban J connectivity index is 1.98. The maximum absolute atomic E-state index is 12.7. The molecule has 4 rings (SSSR count). The van der Waals surface area contributed by atoms with E-state index in [1.807, 2.05) is 0 Å². The Morgan fingerprint density at radius 2 is 1.31 bits per heavy atom. The zero-order valence-electron chi connectivity index (χ0n) is 7.60. The Labute approximate surface area is 77.0 Å². The molecule has 0 spiro atoms. The van der Waals surface area contributed by atoms with E-state index in [9.17, 15) is 8.78 Å². The fourth-order valence-corrected chi connectivity index (χ4v) is 4.00. The third-order valence-electron chi connectivity index (χ3n) is 4.24. The Bertz CT molecular complexity index is 233. The van der Waals surface area contributed by atoms with Crippen molar-refractivity contribution in [2.45, 2.75) is 32.1 Å². The van der Waals surface area contributed by atoms with Crippen molar-refractivity contribution in [3.8, 4) is 0 Å². The Morgan fingerprint density at radius 1 is 0.846 bits per heavy atom. The second kappa shape index (κ2) is 2.55. The van der Waals surface area contributed by atoms with E-state index in [4.69, 9.17) is 0 Å². The molecule has 0 unspecified atom stereocenters. The van der Waals surface area contributed by atoms with Crippen molar-refractivity contribution in [2.24, 2.45) is 23.7 Å². The van der Waals surface area contributed by atoms with Crippen LogP contribution in [0.25, 0.3) is 0 Å². The van der Waals surface area contributed by atoms with Gasteiger partial charge >= 0.3 is 0 Å². The zero-order valence-corrected chi connectivity index (χ0v) is 7.60. The van der Waals surface area contributed by atoms with Crippen molar-refractivity contribution >= 4 is 0 Å². The molecule has 2 heteroatoms. The van der Waals surface area contributed by atoms with Crippen LogP contribution in [0.4, 0.5) is 8.78 Å². The van der Waals surface area contributed by atoms with Crippen LogP contribution in [0.2, 0.25) is 0 Å². The summed E-state index contributed by atoms with van der Waals surface area (Å²) in [6.07, 6.45) is 4.20. The van der Waals surface area contributed by atoms with Crippen LogP contribution < -0.4 is 0 Å². The first-order chi connectivity index (χ1) is 6.24. The van der Waals surface area contributed by atoms with Gasteiger partial charge in [-0.05, 0) is 55.8 Å². The lowest BCUT2D eigenvalue weighted by Gasteiger charge is -2.50. The van der Waals surface area contributed by atoms with Gasteiger partial charge in [0.2, 0.25) is 0 Å². The van der Waals surface area contributed by atoms with Gasteiger partial charge in [0.25, 0.3) is 6.08 Å². The molecule has 4 saturated carbocycles. The summed E-state index contributed by atoms with van der Waals surface area (Å²) < 4.78 is 25.3. The van der Waals surface area contributed by atoms with Crippen LogP contribution in [-0.4, -0.2) is 0 Å². The Morgan fingerprint density at radius 3 is 1.69 bits per heavy atom. The Hall–Kier alpha value is -0.400. The number of hydrogen-bond acceptors (Lipinski definition) is 0. The molecular formula is C11H14F2. The van der Waals surface area contributed by atoms with Gasteiger partial charge in [-0.25, -0.2) is 0 Å². The van der Waals surface area contributed by atoms with E-state index in [1.165, 1.54) is 6.42 Å². The van der Waals surface area contributed by atoms with Crippen molar-refractivity contribution in [3.63, 3.8) is 0 Å². The van der Waals surface area contributed by atoms with Crippen LogP contribution in [-0.2, 0) is 0 Å². The molecule has 4 bridgehead atoms. The maximum atomic E-state index is 12.7. The van der Waals surface area contributed by atoms with E-state index < -0.39 is 6.08 Å². The molecule has 0 saturated heterocycles. The normalized spacial score (nSPS) is 47.1. The Kier molecular flexibility index (Phi) is 1.56. The monoisotopic (exact) mass is 184 g/mol. The highest BCUT2D eigenvalue weighted by molar-refractivity contribution is 5.20. The van der Waals surface area contributed by atoms with Crippen molar-refractivity contribution in [1.82, 2.24) is 0 Å². The molecule has 0 N–H and O–H groups in total. The van der Waals surface area contributed by atoms with Gasteiger partial charge in [0, 0.05) is 5.57 Å². The smallest absolute Gasteiger partial charge is 0.173 e. The molecule has 0 nitrogen and oxygen atoms in total. The van der Waals surface area contributed by atoms with Crippen molar-refractivity contribution in [1.29, 1.82) is 0 Å². The first-order valence-corrected chi connectivity index (χ1v) is 5.29. The van der Waals surface area contributed by atoms with E-state index in [0.717, 1.165) is 37.5 Å². The topological polar surface area (TPSA) is 0 Å². The van der Waals surface area contributed by atoms with Gasteiger partial charge in [0.05, 0.1) is 0 Å². The molecule has 72 valence electrons. The predicted octanol–water partition coefficient (Wildman–Crippen LogP) is 3.59. The molecule has 0 aromatic rings. The average molecular weight is 184 g/mol. The van der Waals surface area contributed by atoms with Gasteiger partial charge in [0.15, 0.2) is 0 Å². The second-order valence-corrected chi connectivity index (χ2v) is 5.02. The minimum Gasteiger partial charge on any atom is -0.173 e. The average Bonchev–Trinajstić information content (AvgIpc) is 2.00. The van der Waals surface area contributed by atoms with Gasteiger partial charge in [0.1, 0.15) is 0 Å². The van der Waals surface area contributed by atoms with E-state index >= 15 is 0 Å². The molecule has 4 aliphatic carbocycles. The van der Waals surface area contributed by atoms with Gasteiger partial charge in [-0.15, -0.1) is 0 Å². The lowest BCUT2D eigenvalue weighted by atomic mass is 9.54. The molecule has 4 fully saturated rings. The van der Waals surface area contributed by atoms with Crippen LogP contribution in [0.15, 0.2) is 11.7 Å². The fraction of sp³-hybridized carbons (Fsp3) is 0.818. The summed E-state index contributed by atoms with van der Waals surface area (Å²) in [6, 6.07) is 0. The van der Waals surface area contributed by atoms with Gasteiger partial charge < -0.3 is 0 Å². The summed E-state index contributed by atoms with van der Waals surface area (Å²) in [5.74, 6) is 2.10. The van der Waals surface area contributed by atoms with E-state index in [-0.39, 0.29) is 11.8 Å². The minimum absolute atomic E-state index is 0.265. The highest BCUT2D eigenvalue weighted by atomic mass is 19.3. The van der Waals surface area contributed by atoms with E-state index in [2.05, 4.69) is 0 Å². The number of allylic oxidation sites excluding steroid dienone is 1. The fourth-order valence-electron chi connectivity index (χ4n) is 4.00. The molecule has 4 aliphatic rings. The highest BCUT2D eigenvalue weighted by Gasteiger charge is 2.46. The van der Waals surface area contributed by atoms with E-state index in [1.54, 1.807) is 0 Å². The molecule has 0 radical (unpaired) electrons. The number of rotatable bonds is 0. The van der Waals surface area contributed by atoms with Gasteiger partial charge in [-0.2, -0.15) is 8.78 Å². The first kappa shape index (κ1) is 7.95. The summed E-state index contributed by atoms with van der Waals surface area (Å²) in [6.45, 7) is 0. The zero-order chi connectivity index (χ0) is 9.00. The summed E-state index contributed by atoms with van der Waals surface area (Å²) in [7, 11) is 0. The quantitative estimate of drug-likeness (QED) is 0.539. The van der Waals surface area contributed by atoms with Crippen LogP contribution in [0.3, 0.4) is 0 Å². The second-order valence-electron chi connectivity index (χ2n) is 5.02. The molecule has 0 aromatic heterocycles. The third-order valence-corrected chi connectivity index (χ3v) is 4.24. The molecule has 13 heavy (non-hydrogen) atoms. The lowest BCUT2D eigenvalue weighted by molar-refractivity contribution is 0.0625. The molecule has 0 aliphatic heterocycles. The molecule has 0 amide bonds. The SMILES string of the molecule is FC(F)=C1C2CC3CC(C2)CC1C3. The minimum atomic E-state index is -1.35. The predicted molar refractivity (Wildman–Crippen MR) is 46.3 cm³/mol. The van der Waals surface area contributed by atoms with Crippen LogP contribution in [0.1, 0.15) is 32.1 Å². The number of halogens is 2. The highest BCUT2D eigenvalue weighted by Crippen LogP contribution is 2.57. The lowest BCUT2D eigenvalue weighted by Crippen LogP contribution is -2.40. The van der Waals surface area contributed by atoms with Crippen molar-refractivity contribution in [3.05, 3.63) is 11.7 Å². The van der Waals surface area contributed by atoms with Gasteiger partial charge in [-0.3, -0.25) is 0 Å². The molecule has 0 heterocycles.